The van der Waals surface area contributed by atoms with Gasteiger partial charge in [0, 0.05) is 6.54 Å². The first-order valence-electron chi connectivity index (χ1n) is 13.0. The summed E-state index contributed by atoms with van der Waals surface area (Å²) < 4.78 is 92.9. The second-order valence-corrected chi connectivity index (χ2v) is 10.1. The number of nitrogens with zero attached hydrogens (tertiary/aromatic N) is 1. The molecule has 0 radical (unpaired) electrons. The Balaban J connectivity index is 0.00000462. The maximum Gasteiger partial charge on any atom is 0.416 e. The van der Waals surface area contributed by atoms with Gasteiger partial charge < -0.3 is 10.2 Å². The monoisotopic (exact) mass is 602 g/mol. The van der Waals surface area contributed by atoms with Gasteiger partial charge in [-0.2, -0.15) is 26.3 Å². The molecule has 4 rings (SSSR count). The fourth-order valence-electron chi connectivity index (χ4n) is 5.10. The minimum Gasteiger partial charge on any atom is -0.351 e. The second kappa shape index (κ2) is 13.7. The number of halogens is 8. The van der Waals surface area contributed by atoms with Crippen molar-refractivity contribution in [2.75, 3.05) is 19.6 Å². The third-order valence-electron chi connectivity index (χ3n) is 7.30. The molecule has 0 spiro atoms. The van der Waals surface area contributed by atoms with Gasteiger partial charge in [0.25, 0.3) is 0 Å². The lowest BCUT2D eigenvalue weighted by Gasteiger charge is -2.33. The lowest BCUT2D eigenvalue weighted by Crippen LogP contribution is -2.36. The van der Waals surface area contributed by atoms with E-state index < -0.39 is 47.7 Å². The molecule has 0 saturated carbocycles. The topological polar surface area (TPSA) is 32.3 Å². The van der Waals surface area contributed by atoms with Gasteiger partial charge in [0.05, 0.1) is 17.0 Å². The Hall–Kier alpha value is -3.11. The summed E-state index contributed by atoms with van der Waals surface area (Å²) in [6.07, 6.45) is -7.71. The number of carbonyl (C=O) groups is 1. The van der Waals surface area contributed by atoms with Crippen LogP contribution in [0.2, 0.25) is 0 Å². The fourth-order valence-corrected chi connectivity index (χ4v) is 5.10. The number of amides is 1. The van der Waals surface area contributed by atoms with Crippen LogP contribution in [-0.2, 0) is 23.7 Å². The highest BCUT2D eigenvalue weighted by atomic mass is 35.5. The second-order valence-electron chi connectivity index (χ2n) is 10.1. The first kappa shape index (κ1) is 32.4. The molecule has 1 heterocycles. The largest absolute Gasteiger partial charge is 0.416 e. The summed E-state index contributed by atoms with van der Waals surface area (Å²) in [5.74, 6) is -1.37. The Labute approximate surface area is 240 Å². The van der Waals surface area contributed by atoms with Gasteiger partial charge in [-0.15, -0.1) is 12.4 Å². The molecule has 1 atom stereocenters. The molecule has 3 nitrogen and oxygen atoms in total. The van der Waals surface area contributed by atoms with Gasteiger partial charge in [-0.25, -0.2) is 4.39 Å². The molecule has 3 aromatic carbocycles. The van der Waals surface area contributed by atoms with Crippen LogP contribution in [0, 0.1) is 5.82 Å². The molecule has 1 aliphatic rings. The van der Waals surface area contributed by atoms with Crippen LogP contribution in [0.15, 0.2) is 72.8 Å². The van der Waals surface area contributed by atoms with Crippen LogP contribution in [0.5, 0.6) is 0 Å². The number of piperidine rings is 1. The van der Waals surface area contributed by atoms with Crippen molar-refractivity contribution >= 4 is 18.3 Å². The first-order valence-corrected chi connectivity index (χ1v) is 13.0. The van der Waals surface area contributed by atoms with Crippen LogP contribution in [0.3, 0.4) is 0 Å². The molecule has 222 valence electrons. The molecule has 11 heteroatoms. The Morgan fingerprint density at radius 1 is 0.854 bits per heavy atom. The molecule has 0 unspecified atom stereocenters. The zero-order chi connectivity index (χ0) is 28.9. The SMILES string of the molecule is Cl.O=C(NCc1cc(C(F)(F)F)cc(C(F)(F)F)c1)[C@H](CCN1CCC(c2ccccc2)CC1)c1ccc(F)cc1. The molecule has 41 heavy (non-hydrogen) atoms. The van der Waals surface area contributed by atoms with Gasteiger partial charge in [0.1, 0.15) is 5.82 Å². The maximum atomic E-state index is 13.5. The summed E-state index contributed by atoms with van der Waals surface area (Å²) in [5.41, 5.74) is -1.41. The van der Waals surface area contributed by atoms with E-state index in [0.717, 1.165) is 25.9 Å². The number of rotatable bonds is 8. The summed E-state index contributed by atoms with van der Waals surface area (Å²) in [6.45, 7) is 1.67. The number of alkyl halides is 6. The smallest absolute Gasteiger partial charge is 0.351 e. The van der Waals surface area contributed by atoms with Gasteiger partial charge in [0.15, 0.2) is 0 Å². The van der Waals surface area contributed by atoms with Crippen LogP contribution in [-0.4, -0.2) is 30.4 Å². The Morgan fingerprint density at radius 3 is 1.95 bits per heavy atom. The van der Waals surface area contributed by atoms with Crippen molar-refractivity contribution in [1.82, 2.24) is 10.2 Å². The van der Waals surface area contributed by atoms with Crippen molar-refractivity contribution < 1.29 is 35.5 Å². The Morgan fingerprint density at radius 2 is 1.41 bits per heavy atom. The summed E-state index contributed by atoms with van der Waals surface area (Å²) >= 11 is 0. The lowest BCUT2D eigenvalue weighted by atomic mass is 9.89. The van der Waals surface area contributed by atoms with Gasteiger partial charge in [-0.05, 0) is 91.8 Å². The summed E-state index contributed by atoms with van der Waals surface area (Å²) in [7, 11) is 0. The average Bonchev–Trinajstić information content (AvgIpc) is 2.92. The fraction of sp³-hybridized carbons (Fsp3) is 0.367. The minimum absolute atomic E-state index is 0. The Kier molecular flexibility index (Phi) is 10.8. The van der Waals surface area contributed by atoms with E-state index >= 15 is 0 Å². The molecule has 1 N–H and O–H groups in total. The van der Waals surface area contributed by atoms with Gasteiger partial charge in [-0.3, -0.25) is 4.79 Å². The number of benzene rings is 3. The number of carbonyl (C=O) groups excluding carboxylic acids is 1. The van der Waals surface area contributed by atoms with E-state index in [1.807, 2.05) is 18.2 Å². The van der Waals surface area contributed by atoms with Crippen molar-refractivity contribution in [2.24, 2.45) is 0 Å². The van der Waals surface area contributed by atoms with Crippen LogP contribution in [0.4, 0.5) is 30.7 Å². The van der Waals surface area contributed by atoms with Gasteiger partial charge in [-0.1, -0.05) is 42.5 Å². The highest BCUT2D eigenvalue weighted by Crippen LogP contribution is 2.36. The van der Waals surface area contributed by atoms with Crippen LogP contribution >= 0.6 is 12.4 Å². The summed E-state index contributed by atoms with van der Waals surface area (Å²) in [6, 6.07) is 16.8. The van der Waals surface area contributed by atoms with Crippen molar-refractivity contribution in [1.29, 1.82) is 0 Å². The van der Waals surface area contributed by atoms with E-state index in [0.29, 0.717) is 36.6 Å². The summed E-state index contributed by atoms with van der Waals surface area (Å²) in [4.78, 5) is 15.4. The highest BCUT2D eigenvalue weighted by Gasteiger charge is 2.37. The van der Waals surface area contributed by atoms with Crippen LogP contribution in [0.25, 0.3) is 0 Å². The first-order chi connectivity index (χ1) is 18.9. The van der Waals surface area contributed by atoms with Crippen LogP contribution in [0.1, 0.15) is 58.9 Å². The third-order valence-corrected chi connectivity index (χ3v) is 7.30. The summed E-state index contributed by atoms with van der Waals surface area (Å²) in [5, 5.41) is 2.50. The molecule has 1 saturated heterocycles. The normalized spacial score (nSPS) is 15.7. The average molecular weight is 603 g/mol. The Bertz CT molecular complexity index is 1240. The van der Waals surface area contributed by atoms with E-state index in [1.54, 1.807) is 0 Å². The van der Waals surface area contributed by atoms with E-state index in [1.165, 1.54) is 29.8 Å². The van der Waals surface area contributed by atoms with E-state index in [2.05, 4.69) is 22.3 Å². The van der Waals surface area contributed by atoms with Crippen LogP contribution < -0.4 is 5.32 Å². The zero-order valence-electron chi connectivity index (χ0n) is 21.9. The molecule has 0 aromatic heterocycles. The standard InChI is InChI=1S/C30H29F7N2O.ClH/c31-26-8-6-23(7-9-26)27(12-15-39-13-10-22(11-14-39)21-4-2-1-3-5-21)28(40)38-19-20-16-24(29(32,33)34)18-25(17-20)30(35,36)37;/h1-9,16-18,22,27H,10-15,19H2,(H,38,40);1H/t27-;/m1./s1. The van der Waals surface area contributed by atoms with Crippen molar-refractivity contribution in [2.45, 2.75) is 50.0 Å². The number of nitrogens with one attached hydrogen (secondary N) is 1. The molecule has 1 amide bonds. The quantitative estimate of drug-likeness (QED) is 0.265. The predicted molar refractivity (Wildman–Crippen MR) is 144 cm³/mol. The molecule has 3 aromatic rings. The predicted octanol–water partition coefficient (Wildman–Crippen LogP) is 7.95. The number of likely N-dealkylation sites (tertiary alicyclic amines) is 1. The van der Waals surface area contributed by atoms with E-state index in [9.17, 15) is 35.5 Å². The lowest BCUT2D eigenvalue weighted by molar-refractivity contribution is -0.143. The highest BCUT2D eigenvalue weighted by molar-refractivity contribution is 5.85. The number of hydrogen-bond donors (Lipinski definition) is 1. The van der Waals surface area contributed by atoms with Crippen molar-refractivity contribution in [3.05, 3.63) is 106 Å². The molecule has 1 fully saturated rings. The minimum atomic E-state index is -4.98. The third kappa shape index (κ3) is 8.94. The molecular weight excluding hydrogens is 573 g/mol. The van der Waals surface area contributed by atoms with Crippen molar-refractivity contribution in [3.63, 3.8) is 0 Å². The molecule has 1 aliphatic heterocycles. The van der Waals surface area contributed by atoms with Gasteiger partial charge in [0.2, 0.25) is 5.91 Å². The molecule has 0 bridgehead atoms. The van der Waals surface area contributed by atoms with Gasteiger partial charge >= 0.3 is 12.4 Å². The molecule has 0 aliphatic carbocycles. The van der Waals surface area contributed by atoms with E-state index in [4.69, 9.17) is 0 Å². The number of hydrogen-bond acceptors (Lipinski definition) is 2. The van der Waals surface area contributed by atoms with E-state index in [-0.39, 0.29) is 24.0 Å². The van der Waals surface area contributed by atoms with Crippen molar-refractivity contribution in [3.8, 4) is 0 Å². The molecular formula is C30H30ClF7N2O. The zero-order valence-corrected chi connectivity index (χ0v) is 22.8. The maximum absolute atomic E-state index is 13.5.